The number of esters is 3. The Hall–Kier alpha value is -2.41. The van der Waals surface area contributed by atoms with Crippen LogP contribution in [0.1, 0.15) is 38.1 Å². The van der Waals surface area contributed by atoms with Crippen molar-refractivity contribution in [3.8, 4) is 0 Å². The molecular weight excluding hydrogens is 316 g/mol. The maximum atomic E-state index is 12.1. The van der Waals surface area contributed by atoms with E-state index >= 15 is 0 Å². The maximum absolute atomic E-state index is 12.1. The predicted molar refractivity (Wildman–Crippen MR) is 84.1 cm³/mol. The Morgan fingerprint density at radius 2 is 1.33 bits per heavy atom. The molecule has 0 aliphatic carbocycles. The van der Waals surface area contributed by atoms with Crippen molar-refractivity contribution in [3.63, 3.8) is 0 Å². The number of hydrogen-bond donors (Lipinski definition) is 1. The van der Waals surface area contributed by atoms with E-state index in [1.807, 2.05) is 0 Å². The molecular formula is C17H22O7. The summed E-state index contributed by atoms with van der Waals surface area (Å²) >= 11 is 0. The SMILES string of the molecule is CC(C)OC(=O)[C@@H](OC(=O)c1ccccc1)[C@@H](O)C(=O)OC(C)C. The highest BCUT2D eigenvalue weighted by Crippen LogP contribution is 2.12. The van der Waals surface area contributed by atoms with E-state index in [9.17, 15) is 19.5 Å². The maximum Gasteiger partial charge on any atom is 0.351 e. The van der Waals surface area contributed by atoms with Crippen LogP contribution in [-0.2, 0) is 23.8 Å². The Balaban J connectivity index is 2.94. The van der Waals surface area contributed by atoms with Gasteiger partial charge in [-0.1, -0.05) is 18.2 Å². The molecule has 0 aromatic heterocycles. The lowest BCUT2D eigenvalue weighted by molar-refractivity contribution is -0.177. The number of ether oxygens (including phenoxy) is 3. The number of aliphatic hydroxyl groups is 1. The second-order valence-electron chi connectivity index (χ2n) is 5.61. The summed E-state index contributed by atoms with van der Waals surface area (Å²) in [6, 6.07) is 7.89. The van der Waals surface area contributed by atoms with E-state index in [1.165, 1.54) is 12.1 Å². The summed E-state index contributed by atoms with van der Waals surface area (Å²) in [5.74, 6) is -2.96. The van der Waals surface area contributed by atoms with Crippen LogP contribution in [0.5, 0.6) is 0 Å². The minimum Gasteiger partial charge on any atom is -0.461 e. The molecule has 132 valence electrons. The van der Waals surface area contributed by atoms with Crippen LogP contribution in [0, 0.1) is 0 Å². The van der Waals surface area contributed by atoms with Crippen molar-refractivity contribution in [3.05, 3.63) is 35.9 Å². The highest BCUT2D eigenvalue weighted by molar-refractivity contribution is 5.93. The monoisotopic (exact) mass is 338 g/mol. The van der Waals surface area contributed by atoms with Crippen LogP contribution in [-0.4, -0.2) is 47.4 Å². The second kappa shape index (κ2) is 9.02. The van der Waals surface area contributed by atoms with Gasteiger partial charge in [-0.25, -0.2) is 14.4 Å². The number of rotatable bonds is 7. The van der Waals surface area contributed by atoms with Crippen LogP contribution in [0.4, 0.5) is 0 Å². The third-order valence-corrected chi connectivity index (χ3v) is 2.71. The zero-order valence-electron chi connectivity index (χ0n) is 14.1. The fraction of sp³-hybridized carbons (Fsp3) is 0.471. The molecule has 1 rings (SSSR count). The first-order chi connectivity index (χ1) is 11.2. The minimum atomic E-state index is -1.98. The lowest BCUT2D eigenvalue weighted by atomic mass is 10.2. The lowest BCUT2D eigenvalue weighted by Gasteiger charge is -2.22. The summed E-state index contributed by atoms with van der Waals surface area (Å²) in [5, 5.41) is 10.1. The number of aliphatic hydroxyl groups excluding tert-OH is 1. The van der Waals surface area contributed by atoms with Crippen molar-refractivity contribution in [2.45, 2.75) is 52.1 Å². The molecule has 1 aromatic rings. The Bertz CT molecular complexity index is 566. The molecule has 0 saturated carbocycles. The van der Waals surface area contributed by atoms with Crippen LogP contribution in [0.25, 0.3) is 0 Å². The predicted octanol–water partition coefficient (Wildman–Crippen LogP) is 1.48. The van der Waals surface area contributed by atoms with E-state index in [0.717, 1.165) is 0 Å². The van der Waals surface area contributed by atoms with Gasteiger partial charge in [0.05, 0.1) is 17.8 Å². The Kier molecular flexibility index (Phi) is 7.38. The molecule has 2 atom stereocenters. The molecule has 0 amide bonds. The van der Waals surface area contributed by atoms with Crippen LogP contribution >= 0.6 is 0 Å². The molecule has 0 heterocycles. The van der Waals surface area contributed by atoms with E-state index in [-0.39, 0.29) is 5.56 Å². The standard InChI is InChI=1S/C17H22O7/c1-10(2)22-16(20)13(18)14(17(21)23-11(3)4)24-15(19)12-8-6-5-7-9-12/h5-11,13-14,18H,1-4H3/t13-,14+/m1/s1. The van der Waals surface area contributed by atoms with Crippen molar-refractivity contribution in [1.29, 1.82) is 0 Å². The summed E-state index contributed by atoms with van der Waals surface area (Å²) in [6.45, 7) is 6.35. The molecule has 0 aliphatic heterocycles. The molecule has 0 aliphatic rings. The van der Waals surface area contributed by atoms with Crippen molar-refractivity contribution in [1.82, 2.24) is 0 Å². The molecule has 24 heavy (non-hydrogen) atoms. The molecule has 0 bridgehead atoms. The topological polar surface area (TPSA) is 99.1 Å². The summed E-state index contributed by atoms with van der Waals surface area (Å²) in [7, 11) is 0. The van der Waals surface area contributed by atoms with Gasteiger partial charge in [-0.15, -0.1) is 0 Å². The van der Waals surface area contributed by atoms with Crippen molar-refractivity contribution >= 4 is 17.9 Å². The average Bonchev–Trinajstić information content (AvgIpc) is 2.51. The fourth-order valence-corrected chi connectivity index (χ4v) is 1.72. The van der Waals surface area contributed by atoms with Crippen molar-refractivity contribution in [2.75, 3.05) is 0 Å². The van der Waals surface area contributed by atoms with Crippen LogP contribution in [0.15, 0.2) is 30.3 Å². The molecule has 7 heteroatoms. The molecule has 1 aromatic carbocycles. The van der Waals surface area contributed by atoms with E-state index < -0.39 is 42.3 Å². The quantitative estimate of drug-likeness (QED) is 0.594. The van der Waals surface area contributed by atoms with Crippen LogP contribution in [0.2, 0.25) is 0 Å². The first-order valence-electron chi connectivity index (χ1n) is 7.57. The molecule has 0 radical (unpaired) electrons. The van der Waals surface area contributed by atoms with E-state index in [4.69, 9.17) is 14.2 Å². The molecule has 0 spiro atoms. The lowest BCUT2D eigenvalue weighted by Crippen LogP contribution is -2.45. The molecule has 1 N–H and O–H groups in total. The van der Waals surface area contributed by atoms with Crippen molar-refractivity contribution < 1.29 is 33.7 Å². The number of hydrogen-bond acceptors (Lipinski definition) is 7. The van der Waals surface area contributed by atoms with Gasteiger partial charge in [0.2, 0.25) is 6.10 Å². The van der Waals surface area contributed by atoms with Crippen LogP contribution < -0.4 is 0 Å². The number of benzene rings is 1. The van der Waals surface area contributed by atoms with E-state index in [0.29, 0.717) is 0 Å². The largest absolute Gasteiger partial charge is 0.461 e. The first-order valence-corrected chi connectivity index (χ1v) is 7.57. The zero-order valence-corrected chi connectivity index (χ0v) is 14.1. The van der Waals surface area contributed by atoms with Gasteiger partial charge >= 0.3 is 17.9 Å². The van der Waals surface area contributed by atoms with Gasteiger partial charge in [-0.3, -0.25) is 0 Å². The van der Waals surface area contributed by atoms with Gasteiger partial charge in [-0.05, 0) is 39.8 Å². The summed E-state index contributed by atoms with van der Waals surface area (Å²) < 4.78 is 14.8. The summed E-state index contributed by atoms with van der Waals surface area (Å²) in [4.78, 5) is 36.0. The van der Waals surface area contributed by atoms with Gasteiger partial charge in [0.15, 0.2) is 6.10 Å². The normalized spacial score (nSPS) is 13.3. The van der Waals surface area contributed by atoms with Gasteiger partial charge < -0.3 is 19.3 Å². The Morgan fingerprint density at radius 3 is 1.83 bits per heavy atom. The molecule has 7 nitrogen and oxygen atoms in total. The zero-order chi connectivity index (χ0) is 18.3. The van der Waals surface area contributed by atoms with E-state index in [2.05, 4.69) is 0 Å². The summed E-state index contributed by atoms with van der Waals surface area (Å²) in [6.07, 6.45) is -4.81. The fourth-order valence-electron chi connectivity index (χ4n) is 1.72. The highest BCUT2D eigenvalue weighted by atomic mass is 16.6. The number of carbonyl (C=O) groups is 3. The van der Waals surface area contributed by atoms with Crippen molar-refractivity contribution in [2.24, 2.45) is 0 Å². The van der Waals surface area contributed by atoms with Gasteiger partial charge in [0.1, 0.15) is 0 Å². The number of carbonyl (C=O) groups excluding carboxylic acids is 3. The first kappa shape index (κ1) is 19.6. The highest BCUT2D eigenvalue weighted by Gasteiger charge is 2.39. The molecule has 0 fully saturated rings. The average molecular weight is 338 g/mol. The van der Waals surface area contributed by atoms with Gasteiger partial charge in [0.25, 0.3) is 0 Å². The third kappa shape index (κ3) is 6.00. The minimum absolute atomic E-state index is 0.171. The Morgan fingerprint density at radius 1 is 0.833 bits per heavy atom. The smallest absolute Gasteiger partial charge is 0.351 e. The van der Waals surface area contributed by atoms with E-state index in [1.54, 1.807) is 45.9 Å². The summed E-state index contributed by atoms with van der Waals surface area (Å²) in [5.41, 5.74) is 0.171. The van der Waals surface area contributed by atoms with Gasteiger partial charge in [-0.2, -0.15) is 0 Å². The molecule has 0 saturated heterocycles. The van der Waals surface area contributed by atoms with Gasteiger partial charge in [0, 0.05) is 0 Å². The molecule has 0 unspecified atom stereocenters. The second-order valence-corrected chi connectivity index (χ2v) is 5.61. The third-order valence-electron chi connectivity index (χ3n) is 2.71. The Labute approximate surface area is 140 Å². The van der Waals surface area contributed by atoms with Crippen LogP contribution in [0.3, 0.4) is 0 Å².